The zero-order valence-corrected chi connectivity index (χ0v) is 11.0. The average molecular weight is 280 g/mol. The summed E-state index contributed by atoms with van der Waals surface area (Å²) in [5, 5.41) is 0. The Kier molecular flexibility index (Phi) is 6.55. The number of halogens is 4. The van der Waals surface area contributed by atoms with Gasteiger partial charge in [0.05, 0.1) is 0 Å². The summed E-state index contributed by atoms with van der Waals surface area (Å²) in [6, 6.07) is 0. The summed E-state index contributed by atoms with van der Waals surface area (Å²) in [6.45, 7) is 1.48. The first-order valence-corrected chi connectivity index (χ1v) is 6.59. The lowest BCUT2D eigenvalue weighted by Crippen LogP contribution is -2.57. The third-order valence-electron chi connectivity index (χ3n) is 2.17. The Morgan fingerprint density at radius 3 is 1.71 bits per heavy atom. The highest BCUT2D eigenvalue weighted by Gasteiger charge is 2.54. The van der Waals surface area contributed by atoms with E-state index in [1.54, 1.807) is 0 Å². The number of hydrogen-bond donors (Lipinski definition) is 0. The van der Waals surface area contributed by atoms with Crippen molar-refractivity contribution in [1.29, 1.82) is 0 Å². The quantitative estimate of drug-likeness (QED) is 0.504. The Labute approximate surface area is 98.2 Å². The minimum absolute atomic E-state index is 0.00987. The first kappa shape index (κ1) is 16.8. The molecule has 104 valence electrons. The van der Waals surface area contributed by atoms with Crippen LogP contribution in [0.4, 0.5) is 17.6 Å². The maximum absolute atomic E-state index is 12.8. The molecule has 0 amide bonds. The van der Waals surface area contributed by atoms with Crippen molar-refractivity contribution in [3.05, 3.63) is 0 Å². The largest absolute Gasteiger partial charge is 0.530 e. The second-order valence-corrected chi connectivity index (χ2v) is 6.17. The molecule has 0 heterocycles. The molecule has 1 unspecified atom stereocenters. The lowest BCUT2D eigenvalue weighted by Gasteiger charge is -2.33. The van der Waals surface area contributed by atoms with Crippen LogP contribution in [0.15, 0.2) is 0 Å². The second kappa shape index (κ2) is 6.64. The molecule has 0 aliphatic heterocycles. The monoisotopic (exact) mass is 280 g/mol. The van der Waals surface area contributed by atoms with Gasteiger partial charge in [0.1, 0.15) is 5.73 Å². The third kappa shape index (κ3) is 3.88. The van der Waals surface area contributed by atoms with Crippen molar-refractivity contribution in [2.75, 3.05) is 21.3 Å². The molecule has 0 radical (unpaired) electrons. The van der Waals surface area contributed by atoms with Crippen LogP contribution in [-0.4, -0.2) is 48.4 Å². The van der Waals surface area contributed by atoms with Gasteiger partial charge in [0.2, 0.25) is 0 Å². The van der Waals surface area contributed by atoms with Gasteiger partial charge in [-0.3, -0.25) is 0 Å². The summed E-state index contributed by atoms with van der Waals surface area (Å²) in [5.41, 5.74) is -1.37. The van der Waals surface area contributed by atoms with Crippen molar-refractivity contribution in [3.8, 4) is 0 Å². The fraction of sp³-hybridized carbons (Fsp3) is 1.00. The normalized spacial score (nSPS) is 15.4. The maximum atomic E-state index is 12.8. The summed E-state index contributed by atoms with van der Waals surface area (Å²) in [4.78, 5) is 0. The van der Waals surface area contributed by atoms with Crippen molar-refractivity contribution in [1.82, 2.24) is 0 Å². The molecule has 1 atom stereocenters. The van der Waals surface area contributed by atoms with Gasteiger partial charge in [0, 0.05) is 21.3 Å². The Hall–Kier alpha value is -0.223. The van der Waals surface area contributed by atoms with Crippen LogP contribution in [0.5, 0.6) is 0 Å². The number of ether oxygens (including phenoxy) is 1. The highest BCUT2D eigenvalue weighted by Crippen LogP contribution is 2.30. The fourth-order valence-corrected chi connectivity index (χ4v) is 3.38. The Morgan fingerprint density at radius 2 is 1.47 bits per heavy atom. The molecule has 0 aromatic carbocycles. The van der Waals surface area contributed by atoms with Gasteiger partial charge in [-0.1, -0.05) is 6.92 Å². The molecule has 0 rings (SSSR count). The van der Waals surface area contributed by atoms with E-state index in [4.69, 9.17) is 13.3 Å². The molecule has 0 fully saturated rings. The van der Waals surface area contributed by atoms with E-state index in [1.165, 1.54) is 28.3 Å². The molecule has 17 heavy (non-hydrogen) atoms. The molecular weight excluding hydrogens is 264 g/mol. The summed E-state index contributed by atoms with van der Waals surface area (Å²) in [6.07, 6.45) is -8.49. The van der Waals surface area contributed by atoms with Crippen LogP contribution in [0.3, 0.4) is 0 Å². The highest BCUT2D eigenvalue weighted by atomic mass is 28.4. The molecule has 0 aromatic heterocycles. The van der Waals surface area contributed by atoms with Crippen LogP contribution in [-0.2, 0) is 18.0 Å². The summed E-state index contributed by atoms with van der Waals surface area (Å²) in [5.74, 6) is 0. The molecule has 0 aliphatic carbocycles. The lowest BCUT2D eigenvalue weighted by molar-refractivity contribution is -0.313. The molecule has 0 saturated heterocycles. The zero-order valence-electron chi connectivity index (χ0n) is 10.0. The Bertz CT molecular complexity index is 217. The van der Waals surface area contributed by atoms with E-state index in [0.29, 0.717) is 0 Å². The van der Waals surface area contributed by atoms with Gasteiger partial charge in [0.15, 0.2) is 0 Å². The lowest BCUT2D eigenvalue weighted by atomic mass is 10.5. The van der Waals surface area contributed by atoms with Crippen LogP contribution in [0, 0.1) is 0 Å². The van der Waals surface area contributed by atoms with Crippen LogP contribution in [0.2, 0.25) is 0 Å². The van der Waals surface area contributed by atoms with Gasteiger partial charge in [0.25, 0.3) is 0 Å². The minimum atomic E-state index is -4.56. The SMILES string of the molecule is CCC(OC(F)(F)C(F)F)[Si](OC)(OC)OC. The predicted molar refractivity (Wildman–Crippen MR) is 52.9 cm³/mol. The number of hydrogen-bond acceptors (Lipinski definition) is 4. The van der Waals surface area contributed by atoms with E-state index in [-0.39, 0.29) is 6.42 Å². The van der Waals surface area contributed by atoms with E-state index in [2.05, 4.69) is 4.74 Å². The number of rotatable bonds is 8. The van der Waals surface area contributed by atoms with Crippen LogP contribution in [0.25, 0.3) is 0 Å². The molecule has 0 bridgehead atoms. The molecule has 0 saturated carbocycles. The van der Waals surface area contributed by atoms with E-state index in [9.17, 15) is 17.6 Å². The van der Waals surface area contributed by atoms with Gasteiger partial charge < -0.3 is 18.0 Å². The van der Waals surface area contributed by atoms with Crippen molar-refractivity contribution >= 4 is 8.80 Å². The highest BCUT2D eigenvalue weighted by molar-refractivity contribution is 6.62. The van der Waals surface area contributed by atoms with Crippen LogP contribution < -0.4 is 0 Å². The summed E-state index contributed by atoms with van der Waals surface area (Å²) < 4.78 is 68.5. The molecule has 9 heteroatoms. The molecule has 0 aliphatic rings. The number of alkyl halides is 4. The van der Waals surface area contributed by atoms with Crippen molar-refractivity contribution < 1.29 is 35.6 Å². The maximum Gasteiger partial charge on any atom is 0.530 e. The second-order valence-electron chi connectivity index (χ2n) is 3.09. The first-order chi connectivity index (χ1) is 7.79. The van der Waals surface area contributed by atoms with Crippen molar-refractivity contribution in [2.45, 2.75) is 31.6 Å². The standard InChI is InChI=1S/C8H16F4O4Si/c1-5-6(16-8(11,12)7(9)10)17(13-2,14-3)15-4/h6-7H,5H2,1-4H3. The van der Waals surface area contributed by atoms with Gasteiger partial charge >= 0.3 is 21.3 Å². The summed E-state index contributed by atoms with van der Waals surface area (Å²) in [7, 11) is 0.0208. The average Bonchev–Trinajstić information content (AvgIpc) is 2.30. The van der Waals surface area contributed by atoms with Crippen LogP contribution in [0.1, 0.15) is 13.3 Å². The first-order valence-electron chi connectivity index (χ1n) is 4.78. The van der Waals surface area contributed by atoms with E-state index in [1.807, 2.05) is 0 Å². The third-order valence-corrected chi connectivity index (χ3v) is 5.19. The van der Waals surface area contributed by atoms with E-state index < -0.39 is 27.1 Å². The Balaban J connectivity index is 4.94. The van der Waals surface area contributed by atoms with Gasteiger partial charge in [-0.2, -0.15) is 8.78 Å². The molecular formula is C8H16F4O4Si. The topological polar surface area (TPSA) is 36.9 Å². The fourth-order valence-electron chi connectivity index (χ4n) is 1.29. The molecule has 0 N–H and O–H groups in total. The Morgan fingerprint density at radius 1 is 1.06 bits per heavy atom. The van der Waals surface area contributed by atoms with E-state index in [0.717, 1.165) is 0 Å². The molecule has 0 spiro atoms. The summed E-state index contributed by atoms with van der Waals surface area (Å²) >= 11 is 0. The smallest absolute Gasteiger partial charge is 0.375 e. The van der Waals surface area contributed by atoms with Gasteiger partial charge in [-0.25, -0.2) is 8.78 Å². The molecule has 4 nitrogen and oxygen atoms in total. The van der Waals surface area contributed by atoms with Crippen molar-refractivity contribution in [3.63, 3.8) is 0 Å². The van der Waals surface area contributed by atoms with E-state index >= 15 is 0 Å². The zero-order chi connectivity index (χ0) is 13.7. The van der Waals surface area contributed by atoms with Gasteiger partial charge in [-0.05, 0) is 6.42 Å². The van der Waals surface area contributed by atoms with Crippen LogP contribution >= 0.6 is 0 Å². The minimum Gasteiger partial charge on any atom is -0.375 e. The van der Waals surface area contributed by atoms with Crippen molar-refractivity contribution in [2.24, 2.45) is 0 Å². The van der Waals surface area contributed by atoms with Gasteiger partial charge in [-0.15, -0.1) is 0 Å². The molecule has 0 aromatic rings. The predicted octanol–water partition coefficient (Wildman–Crippen LogP) is 2.06.